The zero-order valence-corrected chi connectivity index (χ0v) is 11.9. The molecule has 5 heteroatoms. The largest absolute Gasteiger partial charge is 0.516 e. The van der Waals surface area contributed by atoms with Crippen LogP contribution in [0.2, 0.25) is 0 Å². The molecule has 0 spiro atoms. The number of rotatable bonds is 7. The third-order valence-electron chi connectivity index (χ3n) is 2.00. The van der Waals surface area contributed by atoms with E-state index in [1.54, 1.807) is 14.2 Å². The van der Waals surface area contributed by atoms with Crippen molar-refractivity contribution in [3.05, 3.63) is 0 Å². The van der Waals surface area contributed by atoms with E-state index < -0.39 is 8.88 Å². The van der Waals surface area contributed by atoms with Crippen LogP contribution in [-0.2, 0) is 8.85 Å². The van der Waals surface area contributed by atoms with E-state index >= 15 is 0 Å². The highest BCUT2D eigenvalue weighted by atomic mass is 28.4. The average molecular weight is 234 g/mol. The molecular formula is C10H26N2O2Si. The van der Waals surface area contributed by atoms with Crippen molar-refractivity contribution in [1.82, 2.24) is 9.96 Å². The molecule has 0 aromatic rings. The van der Waals surface area contributed by atoms with Gasteiger partial charge >= 0.3 is 8.88 Å². The first-order valence-corrected chi connectivity index (χ1v) is 7.35. The number of hydrogen-bond acceptors (Lipinski definition) is 4. The standard InChI is InChI=1S/C10H26N2O2Si/c1-7-8-9-11-15(13-5,14-6)12-10(2,3)4/h11-12H,7-9H2,1-6H3. The van der Waals surface area contributed by atoms with Crippen LogP contribution in [0.15, 0.2) is 0 Å². The van der Waals surface area contributed by atoms with Crippen LogP contribution in [0.1, 0.15) is 40.5 Å². The third-order valence-corrected chi connectivity index (χ3v) is 4.95. The Morgan fingerprint density at radius 1 is 1.13 bits per heavy atom. The van der Waals surface area contributed by atoms with Gasteiger partial charge in [-0.3, -0.25) is 9.96 Å². The Morgan fingerprint density at radius 3 is 2.00 bits per heavy atom. The maximum Gasteiger partial charge on any atom is 0.516 e. The molecule has 0 aliphatic heterocycles. The molecule has 0 aliphatic rings. The summed E-state index contributed by atoms with van der Waals surface area (Å²) in [6.45, 7) is 9.41. The quantitative estimate of drug-likeness (QED) is 0.517. The van der Waals surface area contributed by atoms with Gasteiger partial charge in [-0.2, -0.15) is 0 Å². The molecule has 0 saturated heterocycles. The topological polar surface area (TPSA) is 42.5 Å². The lowest BCUT2D eigenvalue weighted by atomic mass is 10.1. The molecule has 0 aliphatic carbocycles. The lowest BCUT2D eigenvalue weighted by molar-refractivity contribution is 0.198. The van der Waals surface area contributed by atoms with E-state index in [1.807, 2.05) is 0 Å². The summed E-state index contributed by atoms with van der Waals surface area (Å²) >= 11 is 0. The van der Waals surface area contributed by atoms with Crippen LogP contribution < -0.4 is 9.96 Å². The highest BCUT2D eigenvalue weighted by Crippen LogP contribution is 2.06. The number of nitrogens with one attached hydrogen (secondary N) is 2. The minimum atomic E-state index is -2.42. The van der Waals surface area contributed by atoms with Gasteiger partial charge in [0.2, 0.25) is 0 Å². The molecule has 0 rings (SSSR count). The van der Waals surface area contributed by atoms with E-state index in [4.69, 9.17) is 8.85 Å². The zero-order valence-electron chi connectivity index (χ0n) is 10.9. The van der Waals surface area contributed by atoms with Gasteiger partial charge in [-0.1, -0.05) is 13.3 Å². The van der Waals surface area contributed by atoms with Gasteiger partial charge in [0.25, 0.3) is 0 Å². The number of hydrogen-bond donors (Lipinski definition) is 2. The van der Waals surface area contributed by atoms with Crippen molar-refractivity contribution >= 4 is 8.88 Å². The van der Waals surface area contributed by atoms with Crippen molar-refractivity contribution < 1.29 is 8.85 Å². The van der Waals surface area contributed by atoms with Crippen LogP contribution in [0.25, 0.3) is 0 Å². The second-order valence-electron chi connectivity index (χ2n) is 4.68. The molecule has 92 valence electrons. The van der Waals surface area contributed by atoms with Crippen LogP contribution in [0, 0.1) is 0 Å². The molecule has 0 aromatic carbocycles. The van der Waals surface area contributed by atoms with Gasteiger partial charge < -0.3 is 8.85 Å². The van der Waals surface area contributed by atoms with Crippen LogP contribution in [0.4, 0.5) is 0 Å². The second kappa shape index (κ2) is 6.60. The van der Waals surface area contributed by atoms with Crippen molar-refractivity contribution in [3.8, 4) is 0 Å². The predicted octanol–water partition coefficient (Wildman–Crippen LogP) is 1.49. The molecule has 0 aromatic heterocycles. The monoisotopic (exact) mass is 234 g/mol. The van der Waals surface area contributed by atoms with E-state index in [0.717, 1.165) is 13.0 Å². The zero-order chi connectivity index (χ0) is 11.9. The predicted molar refractivity (Wildman–Crippen MR) is 65.6 cm³/mol. The van der Waals surface area contributed by atoms with Crippen LogP contribution in [-0.4, -0.2) is 35.2 Å². The first kappa shape index (κ1) is 15.1. The smallest absolute Gasteiger partial charge is 0.374 e. The van der Waals surface area contributed by atoms with Gasteiger partial charge in [0.05, 0.1) is 0 Å². The molecule has 0 heterocycles. The van der Waals surface area contributed by atoms with Gasteiger partial charge in [0.15, 0.2) is 0 Å². The van der Waals surface area contributed by atoms with Gasteiger partial charge in [0.1, 0.15) is 0 Å². The first-order chi connectivity index (χ1) is 6.89. The van der Waals surface area contributed by atoms with Crippen LogP contribution >= 0.6 is 0 Å². The summed E-state index contributed by atoms with van der Waals surface area (Å²) in [7, 11) is 0.960. The summed E-state index contributed by atoms with van der Waals surface area (Å²) < 4.78 is 11.0. The molecule has 2 N–H and O–H groups in total. The van der Waals surface area contributed by atoms with Gasteiger partial charge in [0, 0.05) is 19.8 Å². The van der Waals surface area contributed by atoms with Crippen molar-refractivity contribution in [2.75, 3.05) is 20.8 Å². The maximum atomic E-state index is 5.50. The SMILES string of the molecule is CCCCN[Si](NC(C)(C)C)(OC)OC. The summed E-state index contributed by atoms with van der Waals surface area (Å²) in [4.78, 5) is 6.78. The molecule has 4 nitrogen and oxygen atoms in total. The van der Waals surface area contributed by atoms with Gasteiger partial charge in [-0.15, -0.1) is 0 Å². The van der Waals surface area contributed by atoms with E-state index in [0.29, 0.717) is 0 Å². The Morgan fingerprint density at radius 2 is 1.67 bits per heavy atom. The van der Waals surface area contributed by atoms with Crippen molar-refractivity contribution in [2.45, 2.75) is 46.1 Å². The maximum absolute atomic E-state index is 5.50. The van der Waals surface area contributed by atoms with E-state index in [-0.39, 0.29) is 5.54 Å². The minimum absolute atomic E-state index is 0.0164. The third kappa shape index (κ3) is 6.27. The average Bonchev–Trinajstić information content (AvgIpc) is 2.15. The van der Waals surface area contributed by atoms with Crippen LogP contribution in [0.3, 0.4) is 0 Å². The normalized spacial score (nSPS) is 13.2. The van der Waals surface area contributed by atoms with E-state index in [1.165, 1.54) is 6.42 Å². The Hall–Kier alpha value is 0.0569. The molecule has 0 bridgehead atoms. The first-order valence-electron chi connectivity index (χ1n) is 5.54. The van der Waals surface area contributed by atoms with Crippen molar-refractivity contribution in [1.29, 1.82) is 0 Å². The fourth-order valence-electron chi connectivity index (χ4n) is 1.30. The summed E-state index contributed by atoms with van der Waals surface area (Å²) in [6.07, 6.45) is 2.30. The Bertz CT molecular complexity index is 167. The summed E-state index contributed by atoms with van der Waals surface area (Å²) in [5.41, 5.74) is -0.0164. The van der Waals surface area contributed by atoms with Crippen LogP contribution in [0.5, 0.6) is 0 Å². The van der Waals surface area contributed by atoms with E-state index in [9.17, 15) is 0 Å². The molecule has 0 amide bonds. The summed E-state index contributed by atoms with van der Waals surface area (Å²) in [6, 6.07) is 0. The Balaban J connectivity index is 4.30. The molecule has 0 atom stereocenters. The summed E-state index contributed by atoms with van der Waals surface area (Å²) in [5, 5.41) is 0. The fourth-order valence-corrected chi connectivity index (χ4v) is 3.54. The van der Waals surface area contributed by atoms with Crippen molar-refractivity contribution in [3.63, 3.8) is 0 Å². The van der Waals surface area contributed by atoms with E-state index in [2.05, 4.69) is 37.7 Å². The second-order valence-corrected chi connectivity index (χ2v) is 7.33. The molecule has 0 unspecified atom stereocenters. The number of unbranched alkanes of at least 4 members (excludes halogenated alkanes) is 1. The molecule has 0 radical (unpaired) electrons. The molecule has 0 fully saturated rings. The Labute approximate surface area is 95.1 Å². The van der Waals surface area contributed by atoms with Gasteiger partial charge in [-0.05, 0) is 33.7 Å². The van der Waals surface area contributed by atoms with Crippen molar-refractivity contribution in [2.24, 2.45) is 0 Å². The lowest BCUT2D eigenvalue weighted by Gasteiger charge is -2.34. The van der Waals surface area contributed by atoms with Gasteiger partial charge in [-0.25, -0.2) is 0 Å². The highest BCUT2D eigenvalue weighted by Gasteiger charge is 2.40. The molecule has 15 heavy (non-hydrogen) atoms. The highest BCUT2D eigenvalue weighted by molar-refractivity contribution is 6.62. The Kier molecular flexibility index (Phi) is 6.62. The molecule has 0 saturated carbocycles. The lowest BCUT2D eigenvalue weighted by Crippen LogP contribution is -2.70. The fraction of sp³-hybridized carbons (Fsp3) is 1.00. The summed E-state index contributed by atoms with van der Waals surface area (Å²) in [5.74, 6) is 0. The molecular weight excluding hydrogens is 208 g/mol. The minimum Gasteiger partial charge on any atom is -0.374 e.